The third-order valence-electron chi connectivity index (χ3n) is 3.39. The van der Waals surface area contributed by atoms with Gasteiger partial charge in [0.2, 0.25) is 17.4 Å². The Hall–Kier alpha value is -3.07. The number of rotatable bonds is 5. The summed E-state index contributed by atoms with van der Waals surface area (Å²) in [5.74, 6) is -4.65. The van der Waals surface area contributed by atoms with Gasteiger partial charge in [0.25, 0.3) is 0 Å². The monoisotopic (exact) mass is 381 g/mol. The van der Waals surface area contributed by atoms with Gasteiger partial charge in [0.05, 0.1) is 0 Å². The van der Waals surface area contributed by atoms with E-state index in [-0.39, 0.29) is 5.56 Å². The summed E-state index contributed by atoms with van der Waals surface area (Å²) in [4.78, 5) is 0. The number of aromatic hydroxyl groups is 1. The second kappa shape index (κ2) is 6.68. The molecule has 1 aromatic heterocycles. The highest BCUT2D eigenvalue weighted by molar-refractivity contribution is 7.86. The van der Waals surface area contributed by atoms with Crippen molar-refractivity contribution in [1.29, 1.82) is 0 Å². The van der Waals surface area contributed by atoms with Crippen LogP contribution in [0.25, 0.3) is 11.3 Å². The number of furan rings is 1. The topological polar surface area (TPSA) is 103 Å². The van der Waals surface area contributed by atoms with Crippen LogP contribution in [0.1, 0.15) is 5.56 Å². The summed E-state index contributed by atoms with van der Waals surface area (Å²) < 4.78 is 60.9. The van der Waals surface area contributed by atoms with Gasteiger partial charge in [-0.05, 0) is 17.7 Å². The normalized spacial score (nSPS) is 11.5. The molecule has 0 atom stereocenters. The molecule has 3 rings (SSSR count). The molecule has 0 unspecified atom stereocenters. The molecule has 0 aliphatic carbocycles. The molecule has 0 bridgehead atoms. The lowest BCUT2D eigenvalue weighted by Gasteiger charge is -2.06. The largest absolute Gasteiger partial charge is 0.501 e. The van der Waals surface area contributed by atoms with Crippen LogP contribution < -0.4 is 9.92 Å². The van der Waals surface area contributed by atoms with E-state index in [0.29, 0.717) is 11.6 Å². The quantitative estimate of drug-likeness (QED) is 0.657. The van der Waals surface area contributed by atoms with Gasteiger partial charge in [-0.25, -0.2) is 8.78 Å². The minimum atomic E-state index is -4.17. The summed E-state index contributed by atoms with van der Waals surface area (Å²) in [5, 5.41) is 10.2. The highest BCUT2D eigenvalue weighted by atomic mass is 32.2. The first-order valence-corrected chi connectivity index (χ1v) is 8.86. The van der Waals surface area contributed by atoms with E-state index in [9.17, 15) is 22.3 Å². The van der Waals surface area contributed by atoms with E-state index in [1.807, 2.05) is 0 Å². The zero-order valence-corrected chi connectivity index (χ0v) is 14.0. The second-order valence-electron chi connectivity index (χ2n) is 5.40. The smallest absolute Gasteiger partial charge is 0.313 e. The van der Waals surface area contributed by atoms with Crippen LogP contribution >= 0.6 is 0 Å². The van der Waals surface area contributed by atoms with Crippen LogP contribution in [0, 0.1) is 11.6 Å². The molecule has 0 saturated heterocycles. The Kier molecular flexibility index (Phi) is 4.56. The Bertz CT molecular complexity index is 1030. The van der Waals surface area contributed by atoms with Crippen LogP contribution in [0.5, 0.6) is 11.5 Å². The molecule has 2 aromatic carbocycles. The molecule has 0 aliphatic heterocycles. The molecule has 0 spiro atoms. The van der Waals surface area contributed by atoms with Crippen LogP contribution in [0.15, 0.2) is 52.9 Å². The first-order chi connectivity index (χ1) is 12.2. The van der Waals surface area contributed by atoms with E-state index in [1.165, 1.54) is 0 Å². The standard InChI is InChI=1S/C17H13F2NO5S/c18-12-6-11(7-13(19)8-12)15-14(21)16(17(20)24-15)25-26(22,23)9-10-4-2-1-3-5-10/h1-8,21H,9,20H2. The van der Waals surface area contributed by atoms with Gasteiger partial charge >= 0.3 is 10.1 Å². The molecular formula is C17H13F2NO5S. The van der Waals surface area contributed by atoms with Crippen molar-refractivity contribution in [2.75, 3.05) is 5.73 Å². The summed E-state index contributed by atoms with van der Waals surface area (Å²) in [5.41, 5.74) is 5.85. The average Bonchev–Trinajstić information content (AvgIpc) is 2.82. The third-order valence-corrected chi connectivity index (χ3v) is 4.49. The van der Waals surface area contributed by atoms with Crippen molar-refractivity contribution in [3.8, 4) is 22.8 Å². The number of anilines is 1. The maximum absolute atomic E-state index is 13.3. The summed E-state index contributed by atoms with van der Waals surface area (Å²) in [6.45, 7) is 0. The molecule has 3 aromatic rings. The lowest BCUT2D eigenvalue weighted by atomic mass is 10.1. The molecule has 0 aliphatic rings. The molecule has 0 amide bonds. The van der Waals surface area contributed by atoms with E-state index < -0.39 is 50.6 Å². The molecule has 3 N–H and O–H groups in total. The maximum Gasteiger partial charge on any atom is 0.313 e. The number of halogens is 2. The Morgan fingerprint density at radius 2 is 1.69 bits per heavy atom. The van der Waals surface area contributed by atoms with E-state index in [0.717, 1.165) is 12.1 Å². The van der Waals surface area contributed by atoms with Gasteiger partial charge < -0.3 is 19.4 Å². The predicted molar refractivity (Wildman–Crippen MR) is 89.8 cm³/mol. The number of nitrogens with two attached hydrogens (primary N) is 1. The van der Waals surface area contributed by atoms with Crippen LogP contribution in [0.2, 0.25) is 0 Å². The Labute approximate surface area is 147 Å². The van der Waals surface area contributed by atoms with Crippen LogP contribution in [-0.4, -0.2) is 13.5 Å². The number of benzene rings is 2. The molecule has 0 saturated carbocycles. The van der Waals surface area contributed by atoms with Gasteiger partial charge in [-0.1, -0.05) is 30.3 Å². The summed E-state index contributed by atoms with van der Waals surface area (Å²) in [6.07, 6.45) is 0. The van der Waals surface area contributed by atoms with Gasteiger partial charge in [-0.2, -0.15) is 8.42 Å². The SMILES string of the molecule is Nc1oc(-c2cc(F)cc(F)c2)c(O)c1OS(=O)(=O)Cc1ccccc1. The van der Waals surface area contributed by atoms with Crippen molar-refractivity contribution in [1.82, 2.24) is 0 Å². The fraction of sp³-hybridized carbons (Fsp3) is 0.0588. The fourth-order valence-electron chi connectivity index (χ4n) is 2.32. The molecule has 26 heavy (non-hydrogen) atoms. The minimum absolute atomic E-state index is 0.165. The first-order valence-electron chi connectivity index (χ1n) is 7.29. The summed E-state index contributed by atoms with van der Waals surface area (Å²) in [7, 11) is -4.17. The van der Waals surface area contributed by atoms with Gasteiger partial charge in [0, 0.05) is 11.6 Å². The molecule has 1 heterocycles. The fourth-order valence-corrected chi connectivity index (χ4v) is 3.39. The third kappa shape index (κ3) is 3.77. The molecule has 0 fully saturated rings. The maximum atomic E-state index is 13.3. The number of hydrogen-bond acceptors (Lipinski definition) is 6. The Balaban J connectivity index is 1.93. The van der Waals surface area contributed by atoms with E-state index in [4.69, 9.17) is 14.3 Å². The lowest BCUT2D eigenvalue weighted by Crippen LogP contribution is -2.12. The van der Waals surface area contributed by atoms with E-state index >= 15 is 0 Å². The van der Waals surface area contributed by atoms with Crippen LogP contribution in [0.3, 0.4) is 0 Å². The summed E-state index contributed by atoms with van der Waals surface area (Å²) in [6, 6.07) is 10.6. The number of hydrogen-bond donors (Lipinski definition) is 2. The van der Waals surface area contributed by atoms with Crippen molar-refractivity contribution >= 4 is 16.0 Å². The van der Waals surface area contributed by atoms with Gasteiger partial charge in [-0.3, -0.25) is 0 Å². The number of nitrogen functional groups attached to an aromatic ring is 1. The molecule has 6 nitrogen and oxygen atoms in total. The zero-order valence-electron chi connectivity index (χ0n) is 13.1. The average molecular weight is 381 g/mol. The van der Waals surface area contributed by atoms with E-state index in [2.05, 4.69) is 0 Å². The molecule has 136 valence electrons. The van der Waals surface area contributed by atoms with Crippen molar-refractivity contribution in [3.63, 3.8) is 0 Å². The van der Waals surface area contributed by atoms with Crippen LogP contribution in [-0.2, 0) is 15.9 Å². The van der Waals surface area contributed by atoms with Gasteiger partial charge in [-0.15, -0.1) is 0 Å². The summed E-state index contributed by atoms with van der Waals surface area (Å²) >= 11 is 0. The zero-order chi connectivity index (χ0) is 18.9. The van der Waals surface area contributed by atoms with Crippen molar-refractivity contribution < 1.29 is 30.9 Å². The van der Waals surface area contributed by atoms with Gasteiger partial charge in [0.15, 0.2) is 5.76 Å². The van der Waals surface area contributed by atoms with Crippen LogP contribution in [0.4, 0.5) is 14.7 Å². The predicted octanol–water partition coefficient (Wildman–Crippen LogP) is 3.42. The van der Waals surface area contributed by atoms with Gasteiger partial charge in [0.1, 0.15) is 17.4 Å². The second-order valence-corrected chi connectivity index (χ2v) is 6.97. The van der Waals surface area contributed by atoms with Crippen molar-refractivity contribution in [2.45, 2.75) is 5.75 Å². The molecular weight excluding hydrogens is 368 g/mol. The van der Waals surface area contributed by atoms with E-state index in [1.54, 1.807) is 30.3 Å². The highest BCUT2D eigenvalue weighted by Crippen LogP contribution is 2.45. The molecule has 0 radical (unpaired) electrons. The minimum Gasteiger partial charge on any atom is -0.501 e. The van der Waals surface area contributed by atoms with Crippen molar-refractivity contribution in [2.24, 2.45) is 0 Å². The molecule has 9 heteroatoms. The Morgan fingerprint density at radius 3 is 2.31 bits per heavy atom. The first kappa shape index (κ1) is 17.7. The van der Waals surface area contributed by atoms with Crippen molar-refractivity contribution in [3.05, 3.63) is 65.7 Å². The Morgan fingerprint density at radius 1 is 1.08 bits per heavy atom. The highest BCUT2D eigenvalue weighted by Gasteiger charge is 2.26. The lowest BCUT2D eigenvalue weighted by molar-refractivity contribution is 0.432.